The van der Waals surface area contributed by atoms with E-state index in [4.69, 9.17) is 0 Å². The number of nitrogens with zero attached hydrogens (tertiary/aromatic N) is 1. The molecule has 0 unspecified atom stereocenters. The molecule has 112 valence electrons. The van der Waals surface area contributed by atoms with Crippen molar-refractivity contribution in [1.29, 1.82) is 0 Å². The van der Waals surface area contributed by atoms with Crippen LogP contribution in [-0.2, 0) is 21.2 Å². The van der Waals surface area contributed by atoms with E-state index in [1.165, 1.54) is 0 Å². The number of aromatic nitrogens is 1. The minimum atomic E-state index is -3.36. The van der Waals surface area contributed by atoms with E-state index in [0.717, 1.165) is 36.9 Å². The van der Waals surface area contributed by atoms with Gasteiger partial charge in [0, 0.05) is 5.38 Å². The summed E-state index contributed by atoms with van der Waals surface area (Å²) in [5.74, 6) is -0.213. The summed E-state index contributed by atoms with van der Waals surface area (Å²) < 4.78 is 24.4. The van der Waals surface area contributed by atoms with Crippen LogP contribution >= 0.6 is 11.3 Å². The second-order valence-corrected chi connectivity index (χ2v) is 7.64. The van der Waals surface area contributed by atoms with Gasteiger partial charge in [0.05, 0.1) is 30.5 Å². The van der Waals surface area contributed by atoms with Gasteiger partial charge in [-0.15, -0.1) is 11.3 Å². The molecule has 0 radical (unpaired) electrons. The summed E-state index contributed by atoms with van der Waals surface area (Å²) in [5.41, 5.74) is 0.0343. The van der Waals surface area contributed by atoms with Crippen molar-refractivity contribution in [1.82, 2.24) is 10.3 Å². The minimum absolute atomic E-state index is 0.0588. The summed E-state index contributed by atoms with van der Waals surface area (Å²) in [6, 6.07) is 0. The zero-order valence-corrected chi connectivity index (χ0v) is 12.7. The molecule has 0 aliphatic heterocycles. The van der Waals surface area contributed by atoms with Crippen LogP contribution in [0.15, 0.2) is 5.38 Å². The van der Waals surface area contributed by atoms with Gasteiger partial charge in [-0.3, -0.25) is 9.52 Å². The zero-order valence-electron chi connectivity index (χ0n) is 11.0. The average molecular weight is 319 g/mol. The van der Waals surface area contributed by atoms with Gasteiger partial charge in [-0.25, -0.2) is 13.4 Å². The maximum Gasteiger partial charge on any atom is 0.231 e. The molecule has 7 nitrogen and oxygen atoms in total. The lowest BCUT2D eigenvalue weighted by molar-refractivity contribution is -0.124. The van der Waals surface area contributed by atoms with E-state index in [-0.39, 0.29) is 24.1 Å². The topological polar surface area (TPSA) is 108 Å². The number of nitrogens with one attached hydrogen (secondary N) is 2. The maximum absolute atomic E-state index is 11.9. The third-order valence-corrected chi connectivity index (χ3v) is 4.68. The maximum atomic E-state index is 11.9. The van der Waals surface area contributed by atoms with Gasteiger partial charge in [0.15, 0.2) is 5.13 Å². The molecule has 0 atom stereocenters. The summed E-state index contributed by atoms with van der Waals surface area (Å²) in [4.78, 5) is 15.9. The van der Waals surface area contributed by atoms with E-state index < -0.39 is 15.6 Å². The number of hydrogen-bond donors (Lipinski definition) is 3. The second-order valence-electron chi connectivity index (χ2n) is 5.04. The third-order valence-electron chi connectivity index (χ3n) is 3.18. The molecule has 1 aromatic rings. The minimum Gasteiger partial charge on any atom is -0.394 e. The lowest BCUT2D eigenvalue weighted by Crippen LogP contribution is -2.56. The lowest BCUT2D eigenvalue weighted by atomic mass is 9.77. The number of sulfonamides is 1. The van der Waals surface area contributed by atoms with Crippen LogP contribution in [0.2, 0.25) is 0 Å². The molecule has 1 fully saturated rings. The molecule has 0 saturated heterocycles. The van der Waals surface area contributed by atoms with Gasteiger partial charge in [0.1, 0.15) is 0 Å². The van der Waals surface area contributed by atoms with E-state index >= 15 is 0 Å². The molecule has 1 aliphatic carbocycles. The number of aliphatic hydroxyl groups is 1. The molecule has 1 amide bonds. The van der Waals surface area contributed by atoms with Crippen LogP contribution in [0.25, 0.3) is 0 Å². The van der Waals surface area contributed by atoms with Crippen molar-refractivity contribution in [3.8, 4) is 0 Å². The van der Waals surface area contributed by atoms with Crippen LogP contribution in [-0.4, -0.2) is 42.8 Å². The van der Waals surface area contributed by atoms with Gasteiger partial charge in [-0.2, -0.15) is 0 Å². The summed E-state index contributed by atoms with van der Waals surface area (Å²) >= 11 is 1.13. The number of hydrogen-bond acceptors (Lipinski definition) is 6. The van der Waals surface area contributed by atoms with Crippen LogP contribution < -0.4 is 10.0 Å². The molecule has 1 heterocycles. The molecule has 20 heavy (non-hydrogen) atoms. The monoisotopic (exact) mass is 319 g/mol. The Morgan fingerprint density at radius 1 is 1.55 bits per heavy atom. The van der Waals surface area contributed by atoms with Crippen molar-refractivity contribution in [2.24, 2.45) is 0 Å². The van der Waals surface area contributed by atoms with E-state index in [0.29, 0.717) is 5.69 Å². The van der Waals surface area contributed by atoms with Crippen LogP contribution in [0, 0.1) is 0 Å². The zero-order chi connectivity index (χ0) is 14.8. The highest BCUT2D eigenvalue weighted by Crippen LogP contribution is 2.31. The second kappa shape index (κ2) is 5.66. The Hall–Kier alpha value is -1.19. The number of anilines is 1. The van der Waals surface area contributed by atoms with Gasteiger partial charge in [-0.1, -0.05) is 0 Å². The highest BCUT2D eigenvalue weighted by molar-refractivity contribution is 7.92. The van der Waals surface area contributed by atoms with E-state index in [1.807, 2.05) is 0 Å². The SMILES string of the molecule is CS(=O)(=O)Nc1nc(CC(=O)NC2(CO)CCC2)cs1. The molecule has 2 rings (SSSR count). The van der Waals surface area contributed by atoms with E-state index in [1.54, 1.807) is 5.38 Å². The van der Waals surface area contributed by atoms with Gasteiger partial charge in [-0.05, 0) is 19.3 Å². The highest BCUT2D eigenvalue weighted by Gasteiger charge is 2.37. The first-order valence-electron chi connectivity index (χ1n) is 6.16. The Morgan fingerprint density at radius 3 is 2.75 bits per heavy atom. The Balaban J connectivity index is 1.91. The van der Waals surface area contributed by atoms with E-state index in [2.05, 4.69) is 15.0 Å². The number of aliphatic hydroxyl groups excluding tert-OH is 1. The fraction of sp³-hybridized carbons (Fsp3) is 0.636. The Morgan fingerprint density at radius 2 is 2.25 bits per heavy atom. The highest BCUT2D eigenvalue weighted by atomic mass is 32.2. The summed E-state index contributed by atoms with van der Waals surface area (Å²) in [6.45, 7) is -0.0588. The Kier molecular flexibility index (Phi) is 4.31. The Bertz CT molecular complexity index is 587. The first kappa shape index (κ1) is 15.2. The molecule has 1 saturated carbocycles. The van der Waals surface area contributed by atoms with Gasteiger partial charge in [0.25, 0.3) is 0 Å². The molecular formula is C11H17N3O4S2. The van der Waals surface area contributed by atoms with Crippen molar-refractivity contribution < 1.29 is 18.3 Å². The standard InChI is InChI=1S/C11H17N3O4S2/c1-20(17,18)14-10-12-8(6-19-10)5-9(16)13-11(7-15)3-2-4-11/h6,15H,2-5,7H2,1H3,(H,12,14)(H,13,16). The fourth-order valence-electron chi connectivity index (χ4n) is 2.02. The largest absolute Gasteiger partial charge is 0.394 e. The van der Waals surface area contributed by atoms with Crippen molar-refractivity contribution in [2.45, 2.75) is 31.2 Å². The van der Waals surface area contributed by atoms with Crippen molar-refractivity contribution in [3.05, 3.63) is 11.1 Å². The first-order chi connectivity index (χ1) is 9.32. The molecule has 1 aliphatic rings. The smallest absolute Gasteiger partial charge is 0.231 e. The third kappa shape index (κ3) is 3.90. The van der Waals surface area contributed by atoms with Crippen molar-refractivity contribution in [3.63, 3.8) is 0 Å². The molecule has 3 N–H and O–H groups in total. The number of thiazole rings is 1. The van der Waals surface area contributed by atoms with Crippen LogP contribution in [0.1, 0.15) is 25.0 Å². The molecular weight excluding hydrogens is 302 g/mol. The predicted molar refractivity (Wildman–Crippen MR) is 76.1 cm³/mol. The Labute approximate surface area is 121 Å². The van der Waals surface area contributed by atoms with Gasteiger partial charge >= 0.3 is 0 Å². The lowest BCUT2D eigenvalue weighted by Gasteiger charge is -2.40. The summed E-state index contributed by atoms with van der Waals surface area (Å²) in [5, 5.41) is 14.0. The van der Waals surface area contributed by atoms with Gasteiger partial charge in [0.2, 0.25) is 15.9 Å². The molecule has 0 spiro atoms. The molecule has 0 aromatic carbocycles. The van der Waals surface area contributed by atoms with Crippen LogP contribution in [0.5, 0.6) is 0 Å². The van der Waals surface area contributed by atoms with Crippen LogP contribution in [0.3, 0.4) is 0 Å². The predicted octanol–water partition coefficient (Wildman–Crippen LogP) is 0.0883. The number of rotatable bonds is 6. The number of carbonyl (C=O) groups is 1. The summed E-state index contributed by atoms with van der Waals surface area (Å²) in [6.07, 6.45) is 3.69. The average Bonchev–Trinajstić information content (AvgIpc) is 2.68. The fourth-order valence-corrected chi connectivity index (χ4v) is 3.59. The number of amides is 1. The van der Waals surface area contributed by atoms with Crippen molar-refractivity contribution in [2.75, 3.05) is 17.6 Å². The molecule has 9 heteroatoms. The van der Waals surface area contributed by atoms with Crippen LogP contribution in [0.4, 0.5) is 5.13 Å². The molecule has 1 aromatic heterocycles. The summed E-state index contributed by atoms with van der Waals surface area (Å²) in [7, 11) is -3.36. The molecule has 0 bridgehead atoms. The number of carbonyl (C=O) groups excluding carboxylic acids is 1. The first-order valence-corrected chi connectivity index (χ1v) is 8.93. The van der Waals surface area contributed by atoms with Gasteiger partial charge < -0.3 is 10.4 Å². The quantitative estimate of drug-likeness (QED) is 0.688. The van der Waals surface area contributed by atoms with E-state index in [9.17, 15) is 18.3 Å². The van der Waals surface area contributed by atoms with Crippen molar-refractivity contribution >= 4 is 32.4 Å². The normalized spacial score (nSPS) is 17.3.